The average molecular weight is 412 g/mol. The molecule has 0 aliphatic carbocycles. The van der Waals surface area contributed by atoms with E-state index in [2.05, 4.69) is 4.98 Å². The largest absolute Gasteiger partial charge is 0.495 e. The van der Waals surface area contributed by atoms with Gasteiger partial charge in [0.05, 0.1) is 16.1 Å². The van der Waals surface area contributed by atoms with Gasteiger partial charge in [-0.3, -0.25) is 0 Å². The highest BCUT2D eigenvalue weighted by molar-refractivity contribution is 7.90. The van der Waals surface area contributed by atoms with E-state index in [0.29, 0.717) is 17.8 Å². The third-order valence-corrected chi connectivity index (χ3v) is 7.67. The van der Waals surface area contributed by atoms with E-state index in [1.165, 1.54) is 3.97 Å². The molecule has 3 aromatic rings. The minimum atomic E-state index is -3.78. The standard InChI is InChI=1S/C21H25BN2O4S/c1-6-15-14-17-18(22-27-20(2,3)21(4,5)28-22)12-13-23-19(17)24(15)29(25,26)16-10-8-7-9-11-16/h7-14H,6H2,1-5H3. The smallest absolute Gasteiger partial charge is 0.399 e. The molecule has 0 amide bonds. The van der Waals surface area contributed by atoms with E-state index in [0.717, 1.165) is 10.8 Å². The van der Waals surface area contributed by atoms with Crippen LogP contribution in [0.4, 0.5) is 0 Å². The summed E-state index contributed by atoms with van der Waals surface area (Å²) in [6.07, 6.45) is 2.16. The average Bonchev–Trinajstić information content (AvgIpc) is 3.16. The maximum absolute atomic E-state index is 13.4. The molecule has 0 saturated carbocycles. The Labute approximate surface area is 172 Å². The second-order valence-electron chi connectivity index (χ2n) is 8.30. The van der Waals surface area contributed by atoms with E-state index in [9.17, 15) is 8.42 Å². The quantitative estimate of drug-likeness (QED) is 0.616. The Morgan fingerprint density at radius 2 is 1.66 bits per heavy atom. The lowest BCUT2D eigenvalue weighted by Crippen LogP contribution is -2.41. The number of aromatic nitrogens is 2. The zero-order valence-corrected chi connectivity index (χ0v) is 18.2. The molecule has 1 fully saturated rings. The summed E-state index contributed by atoms with van der Waals surface area (Å²) in [6.45, 7) is 9.91. The normalized spacial score (nSPS) is 18.4. The van der Waals surface area contributed by atoms with Gasteiger partial charge in [-0.15, -0.1) is 0 Å². The van der Waals surface area contributed by atoms with Crippen molar-refractivity contribution < 1.29 is 17.7 Å². The van der Waals surface area contributed by atoms with Gasteiger partial charge in [-0.05, 0) is 63.8 Å². The zero-order valence-electron chi connectivity index (χ0n) is 17.3. The predicted molar refractivity (Wildman–Crippen MR) is 114 cm³/mol. The number of fused-ring (bicyclic) bond motifs is 1. The van der Waals surface area contributed by atoms with Crippen molar-refractivity contribution in [2.45, 2.75) is 57.1 Å². The van der Waals surface area contributed by atoms with Crippen LogP contribution < -0.4 is 5.46 Å². The number of nitrogens with zero attached hydrogens (tertiary/aromatic N) is 2. The minimum absolute atomic E-state index is 0.232. The first kappa shape index (κ1) is 20.1. The van der Waals surface area contributed by atoms with E-state index >= 15 is 0 Å². The summed E-state index contributed by atoms with van der Waals surface area (Å²) in [5.41, 5.74) is 0.864. The van der Waals surface area contributed by atoms with E-state index in [4.69, 9.17) is 9.31 Å². The summed E-state index contributed by atoms with van der Waals surface area (Å²) in [5, 5.41) is 0.724. The van der Waals surface area contributed by atoms with Crippen LogP contribution in [0, 0.1) is 0 Å². The van der Waals surface area contributed by atoms with Gasteiger partial charge in [0.15, 0.2) is 5.65 Å². The third-order valence-electron chi connectivity index (χ3n) is 5.92. The van der Waals surface area contributed by atoms with Gasteiger partial charge in [0, 0.05) is 17.3 Å². The number of hydrogen-bond acceptors (Lipinski definition) is 5. The van der Waals surface area contributed by atoms with Crippen molar-refractivity contribution >= 4 is 33.6 Å². The molecule has 6 nitrogen and oxygen atoms in total. The van der Waals surface area contributed by atoms with Crippen LogP contribution in [0.1, 0.15) is 40.3 Å². The number of aryl methyl sites for hydroxylation is 1. The molecule has 1 aliphatic heterocycles. The Morgan fingerprint density at radius 1 is 1.03 bits per heavy atom. The second-order valence-corrected chi connectivity index (χ2v) is 10.1. The maximum atomic E-state index is 13.4. The van der Waals surface area contributed by atoms with Gasteiger partial charge in [-0.1, -0.05) is 25.1 Å². The van der Waals surface area contributed by atoms with Crippen molar-refractivity contribution in [1.82, 2.24) is 8.96 Å². The fraction of sp³-hybridized carbons (Fsp3) is 0.381. The summed E-state index contributed by atoms with van der Waals surface area (Å²) >= 11 is 0. The molecule has 0 bridgehead atoms. The molecule has 0 atom stereocenters. The first-order chi connectivity index (χ1) is 13.6. The SMILES string of the molecule is CCc1cc2c(B3OC(C)(C)C(C)(C)O3)ccnc2n1S(=O)(=O)c1ccccc1. The maximum Gasteiger partial charge on any atom is 0.495 e. The van der Waals surface area contributed by atoms with Crippen molar-refractivity contribution in [3.8, 4) is 0 Å². The van der Waals surface area contributed by atoms with Crippen LogP contribution in [0.3, 0.4) is 0 Å². The van der Waals surface area contributed by atoms with E-state index in [1.54, 1.807) is 36.5 Å². The summed E-state index contributed by atoms with van der Waals surface area (Å²) in [7, 11) is -4.37. The van der Waals surface area contributed by atoms with E-state index < -0.39 is 28.3 Å². The molecule has 29 heavy (non-hydrogen) atoms. The Morgan fingerprint density at radius 3 is 2.24 bits per heavy atom. The monoisotopic (exact) mass is 412 g/mol. The van der Waals surface area contributed by atoms with Crippen molar-refractivity contribution in [3.05, 3.63) is 54.4 Å². The highest BCUT2D eigenvalue weighted by Gasteiger charge is 2.52. The highest BCUT2D eigenvalue weighted by Crippen LogP contribution is 2.37. The topological polar surface area (TPSA) is 70.4 Å². The molecule has 8 heteroatoms. The second kappa shape index (κ2) is 6.69. The van der Waals surface area contributed by atoms with Crippen LogP contribution in [0.5, 0.6) is 0 Å². The Balaban J connectivity index is 1.91. The first-order valence-corrected chi connectivity index (χ1v) is 11.2. The lowest BCUT2D eigenvalue weighted by Gasteiger charge is -2.32. The van der Waals surface area contributed by atoms with Gasteiger partial charge in [0.25, 0.3) is 10.0 Å². The fourth-order valence-electron chi connectivity index (χ4n) is 3.53. The molecule has 0 radical (unpaired) electrons. The summed E-state index contributed by atoms with van der Waals surface area (Å²) in [6, 6.07) is 12.1. The Bertz CT molecular complexity index is 1150. The van der Waals surface area contributed by atoms with Crippen molar-refractivity contribution in [2.75, 3.05) is 0 Å². The van der Waals surface area contributed by atoms with Gasteiger partial charge >= 0.3 is 7.12 Å². The van der Waals surface area contributed by atoms with E-state index in [1.807, 2.05) is 46.8 Å². The molecule has 2 aromatic heterocycles. The molecule has 0 N–H and O–H groups in total. The lowest BCUT2D eigenvalue weighted by molar-refractivity contribution is 0.00578. The molecule has 1 aromatic carbocycles. The van der Waals surface area contributed by atoms with Gasteiger partial charge in [-0.2, -0.15) is 0 Å². The van der Waals surface area contributed by atoms with Crippen LogP contribution in [0.15, 0.2) is 53.6 Å². The third kappa shape index (κ3) is 3.10. The van der Waals surface area contributed by atoms with Crippen molar-refractivity contribution in [1.29, 1.82) is 0 Å². The highest BCUT2D eigenvalue weighted by atomic mass is 32.2. The first-order valence-electron chi connectivity index (χ1n) is 9.74. The number of hydrogen-bond donors (Lipinski definition) is 0. The van der Waals surface area contributed by atoms with Gasteiger partial charge in [-0.25, -0.2) is 17.4 Å². The zero-order chi connectivity index (χ0) is 21.0. The molecule has 4 rings (SSSR count). The van der Waals surface area contributed by atoms with Crippen LogP contribution in [0.2, 0.25) is 0 Å². The van der Waals surface area contributed by atoms with Crippen LogP contribution in [-0.4, -0.2) is 35.7 Å². The van der Waals surface area contributed by atoms with Gasteiger partial charge in [0.1, 0.15) is 0 Å². The number of benzene rings is 1. The van der Waals surface area contributed by atoms with E-state index in [-0.39, 0.29) is 4.90 Å². The fourth-order valence-corrected chi connectivity index (χ4v) is 5.11. The minimum Gasteiger partial charge on any atom is -0.399 e. The molecule has 0 spiro atoms. The van der Waals surface area contributed by atoms with Crippen LogP contribution in [0.25, 0.3) is 11.0 Å². The predicted octanol–water partition coefficient (Wildman–Crippen LogP) is 3.13. The molecule has 3 heterocycles. The Kier molecular flexibility index (Phi) is 4.64. The van der Waals surface area contributed by atoms with Crippen molar-refractivity contribution in [2.24, 2.45) is 0 Å². The molecule has 1 saturated heterocycles. The van der Waals surface area contributed by atoms with Gasteiger partial charge < -0.3 is 9.31 Å². The summed E-state index contributed by atoms with van der Waals surface area (Å²) < 4.78 is 40.5. The molecular formula is C21H25BN2O4S. The molecule has 1 aliphatic rings. The van der Waals surface area contributed by atoms with Gasteiger partial charge in [0.2, 0.25) is 0 Å². The Hall–Kier alpha value is -2.16. The lowest BCUT2D eigenvalue weighted by atomic mass is 9.78. The number of pyridine rings is 1. The summed E-state index contributed by atoms with van der Waals surface area (Å²) in [4.78, 5) is 4.65. The van der Waals surface area contributed by atoms with Crippen LogP contribution >= 0.6 is 0 Å². The molecule has 0 unspecified atom stereocenters. The number of rotatable bonds is 4. The molecular weight excluding hydrogens is 387 g/mol. The summed E-state index contributed by atoms with van der Waals surface area (Å²) in [5.74, 6) is 0. The van der Waals surface area contributed by atoms with Crippen molar-refractivity contribution in [3.63, 3.8) is 0 Å². The van der Waals surface area contributed by atoms with Crippen LogP contribution in [-0.2, 0) is 25.8 Å². The molecule has 152 valence electrons.